The molecule has 2 aliphatic heterocycles. The van der Waals surface area contributed by atoms with Gasteiger partial charge in [0.05, 0.1) is 22.9 Å². The quantitative estimate of drug-likeness (QED) is 0.223. The van der Waals surface area contributed by atoms with Crippen LogP contribution >= 0.6 is 11.3 Å². The lowest BCUT2D eigenvalue weighted by atomic mass is 10.1. The number of rotatable bonds is 11. The van der Waals surface area contributed by atoms with Crippen LogP contribution < -0.4 is 5.48 Å². The second-order valence-electron chi connectivity index (χ2n) is 11.3. The standard InChI is InChI=1S/C29H37N3O8S2/c1-29(42(4,36)37,28(35)30-40-25-11-7-8-14-38-25)12-13-32-17-21-16-23(41-26(21)27(32)34)10-6-5-9-20-15-22(20)19-39-24(33)18-31(2)3/h16,20,22,25H,7-8,11-15,17-19H2,1-4H3,(H,30,35)/t20-,22+,25?,29+/m0/s1. The lowest BCUT2D eigenvalue weighted by molar-refractivity contribution is -0.201. The SMILES string of the molecule is CN(C)CC(=O)OC[C@H]1C[C@@H]1C#CC#Cc1cc2c(s1)C(=O)N(CC[C@](C)(C(=O)NOC1CCCCO1)S(C)(=O)=O)C2. The van der Waals surface area contributed by atoms with Crippen LogP contribution in [-0.2, 0) is 40.3 Å². The number of hydrogen-bond acceptors (Lipinski definition) is 10. The van der Waals surface area contributed by atoms with Crippen molar-refractivity contribution in [2.45, 2.75) is 56.6 Å². The average molecular weight is 620 g/mol. The van der Waals surface area contributed by atoms with Crippen LogP contribution in [0.5, 0.6) is 0 Å². The van der Waals surface area contributed by atoms with Crippen molar-refractivity contribution in [1.82, 2.24) is 15.3 Å². The summed E-state index contributed by atoms with van der Waals surface area (Å²) in [5, 5.41) is 0. The predicted molar refractivity (Wildman–Crippen MR) is 156 cm³/mol. The average Bonchev–Trinajstić information content (AvgIpc) is 3.47. The molecule has 1 saturated carbocycles. The van der Waals surface area contributed by atoms with Crippen molar-refractivity contribution in [1.29, 1.82) is 0 Å². The van der Waals surface area contributed by atoms with Gasteiger partial charge in [-0.15, -0.1) is 11.3 Å². The van der Waals surface area contributed by atoms with Crippen LogP contribution in [0, 0.1) is 35.5 Å². The Morgan fingerprint density at radius 2 is 2.07 bits per heavy atom. The smallest absolute Gasteiger partial charge is 0.320 e. The Morgan fingerprint density at radius 1 is 1.29 bits per heavy atom. The third-order valence-corrected chi connectivity index (χ3v) is 10.7. The zero-order valence-electron chi connectivity index (χ0n) is 24.4. The summed E-state index contributed by atoms with van der Waals surface area (Å²) in [5.74, 6) is 10.9. The van der Waals surface area contributed by atoms with Gasteiger partial charge in [0, 0.05) is 44.2 Å². The van der Waals surface area contributed by atoms with Crippen LogP contribution in [0.25, 0.3) is 0 Å². The van der Waals surface area contributed by atoms with E-state index in [4.69, 9.17) is 14.3 Å². The van der Waals surface area contributed by atoms with Gasteiger partial charge in [0.25, 0.3) is 11.8 Å². The van der Waals surface area contributed by atoms with E-state index >= 15 is 0 Å². The molecule has 42 heavy (non-hydrogen) atoms. The first-order valence-electron chi connectivity index (χ1n) is 13.9. The molecule has 3 aliphatic rings. The van der Waals surface area contributed by atoms with Gasteiger partial charge < -0.3 is 14.4 Å². The molecule has 4 rings (SSSR count). The predicted octanol–water partition coefficient (Wildman–Crippen LogP) is 1.57. The Labute approximate surface area is 251 Å². The van der Waals surface area contributed by atoms with E-state index in [-0.39, 0.29) is 43.2 Å². The fourth-order valence-electron chi connectivity index (χ4n) is 4.57. The Bertz CT molecular complexity index is 1430. The van der Waals surface area contributed by atoms with Gasteiger partial charge in [-0.25, -0.2) is 18.7 Å². The highest BCUT2D eigenvalue weighted by Crippen LogP contribution is 2.38. The highest BCUT2D eigenvalue weighted by Gasteiger charge is 2.45. The van der Waals surface area contributed by atoms with E-state index in [2.05, 4.69) is 29.2 Å². The second-order valence-corrected chi connectivity index (χ2v) is 14.8. The number of amides is 2. The van der Waals surface area contributed by atoms with Crippen molar-refractivity contribution < 1.29 is 37.1 Å². The third-order valence-electron chi connectivity index (χ3n) is 7.56. The summed E-state index contributed by atoms with van der Waals surface area (Å²) >= 11 is 1.27. The Morgan fingerprint density at radius 3 is 2.74 bits per heavy atom. The van der Waals surface area contributed by atoms with Gasteiger partial charge in [0.1, 0.15) is 0 Å². The van der Waals surface area contributed by atoms with Gasteiger partial charge in [-0.2, -0.15) is 0 Å². The minimum Gasteiger partial charge on any atom is -0.464 e. The fourth-order valence-corrected chi connectivity index (χ4v) is 6.41. The number of ether oxygens (including phenoxy) is 2. The van der Waals surface area contributed by atoms with E-state index in [0.717, 1.165) is 36.0 Å². The minimum atomic E-state index is -3.84. The van der Waals surface area contributed by atoms with Crippen LogP contribution in [-0.4, -0.2) is 93.7 Å². The van der Waals surface area contributed by atoms with Crippen molar-refractivity contribution in [2.75, 3.05) is 46.7 Å². The maximum absolute atomic E-state index is 13.0. The maximum Gasteiger partial charge on any atom is 0.320 e. The van der Waals surface area contributed by atoms with Crippen molar-refractivity contribution in [3.63, 3.8) is 0 Å². The molecule has 3 heterocycles. The number of hydrogen-bond donors (Lipinski definition) is 1. The zero-order valence-corrected chi connectivity index (χ0v) is 26.0. The molecule has 2 fully saturated rings. The summed E-state index contributed by atoms with van der Waals surface area (Å²) < 4.78 is 34.2. The topological polar surface area (TPSA) is 132 Å². The van der Waals surface area contributed by atoms with Gasteiger partial charge in [0.15, 0.2) is 20.9 Å². The van der Waals surface area contributed by atoms with Crippen molar-refractivity contribution >= 4 is 39.0 Å². The van der Waals surface area contributed by atoms with Gasteiger partial charge in [-0.3, -0.25) is 19.3 Å². The monoisotopic (exact) mass is 619 g/mol. The first-order valence-corrected chi connectivity index (χ1v) is 16.6. The molecule has 0 aromatic carbocycles. The number of likely N-dealkylation sites (N-methyl/N-ethyl adjacent to an activating group) is 1. The minimum absolute atomic E-state index is 0.0800. The number of nitrogens with one attached hydrogen (secondary N) is 1. The number of hydroxylamine groups is 1. The molecule has 1 aromatic rings. The molecule has 1 aliphatic carbocycles. The lowest BCUT2D eigenvalue weighted by Gasteiger charge is -2.29. The van der Waals surface area contributed by atoms with E-state index in [1.165, 1.54) is 18.3 Å². The number of fused-ring (bicyclic) bond motifs is 1. The Balaban J connectivity index is 1.27. The highest BCUT2D eigenvalue weighted by molar-refractivity contribution is 7.92. The number of carbonyl (C=O) groups excluding carboxylic acids is 3. The first-order chi connectivity index (χ1) is 19.9. The van der Waals surface area contributed by atoms with Crippen LogP contribution in [0.1, 0.15) is 59.1 Å². The molecule has 1 saturated heterocycles. The van der Waals surface area contributed by atoms with Gasteiger partial charge in [-0.1, -0.05) is 5.92 Å². The normalized spacial score (nSPS) is 22.7. The fraction of sp³-hybridized carbons (Fsp3) is 0.621. The summed E-state index contributed by atoms with van der Waals surface area (Å²) in [6, 6.07) is 1.84. The first kappa shape index (κ1) is 32.0. The molecule has 2 amide bonds. The lowest BCUT2D eigenvalue weighted by Crippen LogP contribution is -2.52. The summed E-state index contributed by atoms with van der Waals surface area (Å²) in [7, 11) is -0.219. The number of esters is 1. The summed E-state index contributed by atoms with van der Waals surface area (Å²) in [6.45, 7) is 2.87. The van der Waals surface area contributed by atoms with E-state index in [9.17, 15) is 22.8 Å². The summed E-state index contributed by atoms with van der Waals surface area (Å²) in [6.07, 6.45) is 3.59. The van der Waals surface area contributed by atoms with Gasteiger partial charge in [-0.05, 0) is 76.1 Å². The second kappa shape index (κ2) is 13.6. The van der Waals surface area contributed by atoms with Crippen molar-refractivity contribution in [2.24, 2.45) is 11.8 Å². The molecule has 228 valence electrons. The zero-order chi connectivity index (χ0) is 30.5. The number of sulfone groups is 1. The van der Waals surface area contributed by atoms with E-state index in [1.54, 1.807) is 9.80 Å². The summed E-state index contributed by atoms with van der Waals surface area (Å²) in [4.78, 5) is 47.5. The van der Waals surface area contributed by atoms with Crippen LogP contribution in [0.3, 0.4) is 0 Å². The Hall–Kier alpha value is -2.94. The van der Waals surface area contributed by atoms with E-state index in [1.807, 2.05) is 20.2 Å². The number of thiophene rings is 1. The number of nitrogens with zero attached hydrogens (tertiary/aromatic N) is 2. The summed E-state index contributed by atoms with van der Waals surface area (Å²) in [5.41, 5.74) is 3.08. The molecule has 0 bridgehead atoms. The van der Waals surface area contributed by atoms with Crippen LogP contribution in [0.15, 0.2) is 6.07 Å². The van der Waals surface area contributed by atoms with Crippen molar-refractivity contribution in [3.05, 3.63) is 21.4 Å². The van der Waals surface area contributed by atoms with Gasteiger partial charge >= 0.3 is 5.97 Å². The van der Waals surface area contributed by atoms with E-state index < -0.39 is 26.8 Å². The van der Waals surface area contributed by atoms with Gasteiger partial charge in [0.2, 0.25) is 0 Å². The molecule has 1 unspecified atom stereocenters. The molecule has 13 heteroatoms. The molecule has 11 nitrogen and oxygen atoms in total. The van der Waals surface area contributed by atoms with Crippen molar-refractivity contribution in [3.8, 4) is 23.7 Å². The van der Waals surface area contributed by atoms with E-state index in [0.29, 0.717) is 31.1 Å². The highest BCUT2D eigenvalue weighted by atomic mass is 32.2. The molecule has 0 spiro atoms. The molecular weight excluding hydrogens is 582 g/mol. The number of carbonyl (C=O) groups is 3. The molecule has 4 atom stereocenters. The molecule has 0 radical (unpaired) electrons. The van der Waals surface area contributed by atoms with Crippen LogP contribution in [0.2, 0.25) is 0 Å². The molecular formula is C29H37N3O8S2. The molecule has 1 N–H and O–H groups in total. The molecule has 1 aromatic heterocycles. The third kappa shape index (κ3) is 8.12. The maximum atomic E-state index is 13.0. The Kier molecular flexibility index (Phi) is 10.3. The largest absolute Gasteiger partial charge is 0.464 e. The van der Waals surface area contributed by atoms with Crippen LogP contribution in [0.4, 0.5) is 0 Å².